The van der Waals surface area contributed by atoms with Crippen molar-refractivity contribution in [2.24, 2.45) is 0 Å². The Labute approximate surface area is 80.3 Å². The zero-order valence-electron chi connectivity index (χ0n) is 7.56. The Morgan fingerprint density at radius 2 is 2.64 bits per heavy atom. The normalized spacial score (nSPS) is 13.4. The van der Waals surface area contributed by atoms with E-state index in [0.717, 1.165) is 5.06 Å². The van der Waals surface area contributed by atoms with Crippen molar-refractivity contribution in [1.82, 2.24) is 4.98 Å². The Hall–Kier alpha value is -1.82. The summed E-state index contributed by atoms with van der Waals surface area (Å²) in [5, 5.41) is 0.971. The molecule has 0 radical (unpaired) electrons. The molecule has 1 aromatic rings. The summed E-state index contributed by atoms with van der Waals surface area (Å²) in [6.07, 6.45) is 0.985. The minimum absolute atomic E-state index is 0.293. The van der Waals surface area contributed by atoms with Gasteiger partial charge in [0.2, 0.25) is 0 Å². The summed E-state index contributed by atoms with van der Waals surface area (Å²) >= 11 is 0. The molecule has 6 heteroatoms. The first-order chi connectivity index (χ1) is 6.83. The van der Waals surface area contributed by atoms with Gasteiger partial charge in [-0.1, -0.05) is 0 Å². The molecule has 14 heavy (non-hydrogen) atoms. The predicted octanol–water partition coefficient (Wildman–Crippen LogP) is 1.32. The molecule has 1 aliphatic heterocycles. The molecular weight excluding hydrogens is 186 g/mol. The molecule has 1 aromatic heterocycles. The van der Waals surface area contributed by atoms with Crippen molar-refractivity contribution >= 4 is 17.6 Å². The molecule has 0 atom stereocenters. The number of pyridine rings is 1. The monoisotopic (exact) mass is 195 g/mol. The van der Waals surface area contributed by atoms with Gasteiger partial charge in [0.1, 0.15) is 5.69 Å². The molecule has 1 N–H and O–H groups in total. The largest absolute Gasteiger partial charge is 0.448 e. The van der Waals surface area contributed by atoms with E-state index in [-0.39, 0.29) is 0 Å². The van der Waals surface area contributed by atoms with Crippen LogP contribution in [0.2, 0.25) is 0 Å². The van der Waals surface area contributed by atoms with Crippen molar-refractivity contribution in [3.05, 3.63) is 18.3 Å². The maximum Gasteiger partial charge on any atom is 0.442 e. The lowest BCUT2D eigenvalue weighted by molar-refractivity contribution is 0.109. The van der Waals surface area contributed by atoms with E-state index < -0.39 is 6.09 Å². The van der Waals surface area contributed by atoms with Crippen LogP contribution in [0.4, 0.5) is 16.3 Å². The van der Waals surface area contributed by atoms with E-state index in [1.165, 1.54) is 0 Å². The Morgan fingerprint density at radius 3 is 3.43 bits per heavy atom. The van der Waals surface area contributed by atoms with Gasteiger partial charge in [-0.2, -0.15) is 0 Å². The van der Waals surface area contributed by atoms with Gasteiger partial charge in [-0.15, -0.1) is 10.0 Å². The number of amides is 1. The number of fused-ring (bicyclic) bond motifs is 1. The number of hydrogen-bond acceptors (Lipinski definition) is 5. The van der Waals surface area contributed by atoms with Crippen LogP contribution in [0.15, 0.2) is 18.3 Å². The summed E-state index contributed by atoms with van der Waals surface area (Å²) in [5.41, 5.74) is 3.19. The van der Waals surface area contributed by atoms with Gasteiger partial charge in [-0.3, -0.25) is 0 Å². The average molecular weight is 195 g/mol. The first-order valence-corrected chi connectivity index (χ1v) is 4.18. The lowest BCUT2D eigenvalue weighted by atomic mass is 10.4. The molecular formula is C8H9N3O3. The summed E-state index contributed by atoms with van der Waals surface area (Å²) in [6, 6.07) is 3.49. The SMILES string of the molecule is CCOC(=O)N1ONc2cccnc21. The first-order valence-electron chi connectivity index (χ1n) is 4.18. The van der Waals surface area contributed by atoms with Gasteiger partial charge in [0.05, 0.1) is 6.61 Å². The lowest BCUT2D eigenvalue weighted by Crippen LogP contribution is -2.29. The molecule has 0 saturated heterocycles. The van der Waals surface area contributed by atoms with E-state index in [4.69, 9.17) is 9.68 Å². The van der Waals surface area contributed by atoms with Gasteiger partial charge in [0.25, 0.3) is 0 Å². The topological polar surface area (TPSA) is 63.7 Å². The minimum atomic E-state index is -0.586. The third-order valence-electron chi connectivity index (χ3n) is 1.66. The molecule has 0 aliphatic carbocycles. The predicted molar refractivity (Wildman–Crippen MR) is 48.4 cm³/mol. The van der Waals surface area contributed by atoms with E-state index in [1.807, 2.05) is 0 Å². The Balaban J connectivity index is 2.21. The van der Waals surface area contributed by atoms with Gasteiger partial charge >= 0.3 is 6.09 Å². The smallest absolute Gasteiger partial charge is 0.442 e. The maximum absolute atomic E-state index is 11.3. The molecule has 2 rings (SSSR count). The first kappa shape index (κ1) is 8.76. The number of anilines is 2. The van der Waals surface area contributed by atoms with Gasteiger partial charge in [-0.05, 0) is 19.1 Å². The van der Waals surface area contributed by atoms with Crippen LogP contribution in [0, 0.1) is 0 Å². The van der Waals surface area contributed by atoms with Crippen molar-refractivity contribution in [1.29, 1.82) is 0 Å². The number of nitrogens with one attached hydrogen (secondary N) is 1. The second-order valence-electron chi connectivity index (χ2n) is 2.56. The van der Waals surface area contributed by atoms with Gasteiger partial charge < -0.3 is 4.74 Å². The van der Waals surface area contributed by atoms with Crippen molar-refractivity contribution in [2.45, 2.75) is 6.92 Å². The summed E-state index contributed by atoms with van der Waals surface area (Å²) in [5.74, 6) is 0.408. The number of hydroxylamine groups is 1. The van der Waals surface area contributed by atoms with E-state index in [1.54, 1.807) is 25.3 Å². The van der Waals surface area contributed by atoms with E-state index in [9.17, 15) is 4.79 Å². The van der Waals surface area contributed by atoms with Crippen molar-refractivity contribution in [3.8, 4) is 0 Å². The van der Waals surface area contributed by atoms with Crippen LogP contribution in [0.3, 0.4) is 0 Å². The second kappa shape index (κ2) is 3.51. The fourth-order valence-corrected chi connectivity index (χ4v) is 1.08. The molecule has 74 valence electrons. The fourth-order valence-electron chi connectivity index (χ4n) is 1.08. The van der Waals surface area contributed by atoms with Crippen LogP contribution in [0.25, 0.3) is 0 Å². The third-order valence-corrected chi connectivity index (χ3v) is 1.66. The van der Waals surface area contributed by atoms with Gasteiger partial charge in [0, 0.05) is 6.20 Å². The zero-order valence-corrected chi connectivity index (χ0v) is 7.56. The highest BCUT2D eigenvalue weighted by atomic mass is 16.8. The van der Waals surface area contributed by atoms with E-state index in [2.05, 4.69) is 10.5 Å². The van der Waals surface area contributed by atoms with Crippen LogP contribution in [0.1, 0.15) is 6.92 Å². The molecule has 1 amide bonds. The van der Waals surface area contributed by atoms with Crippen molar-refractivity contribution < 1.29 is 14.5 Å². The fraction of sp³-hybridized carbons (Fsp3) is 0.250. The number of carbonyl (C=O) groups is 1. The molecule has 0 fully saturated rings. The number of aromatic nitrogens is 1. The highest BCUT2D eigenvalue weighted by Gasteiger charge is 2.28. The Bertz CT molecular complexity index is 355. The molecule has 2 heterocycles. The average Bonchev–Trinajstić information content (AvgIpc) is 2.61. The summed E-state index contributed by atoms with van der Waals surface area (Å²) in [7, 11) is 0. The quantitative estimate of drug-likeness (QED) is 0.732. The molecule has 0 aromatic carbocycles. The summed E-state index contributed by atoms with van der Waals surface area (Å²) in [6.45, 7) is 2.02. The number of nitrogens with zero attached hydrogens (tertiary/aromatic N) is 2. The number of ether oxygens (including phenoxy) is 1. The number of rotatable bonds is 1. The van der Waals surface area contributed by atoms with Crippen LogP contribution in [-0.4, -0.2) is 17.7 Å². The highest BCUT2D eigenvalue weighted by molar-refractivity contribution is 5.89. The van der Waals surface area contributed by atoms with Crippen LogP contribution < -0.4 is 10.5 Å². The summed E-state index contributed by atoms with van der Waals surface area (Å²) in [4.78, 5) is 20.2. The zero-order chi connectivity index (χ0) is 9.97. The summed E-state index contributed by atoms with van der Waals surface area (Å²) < 4.78 is 4.76. The van der Waals surface area contributed by atoms with E-state index >= 15 is 0 Å². The second-order valence-corrected chi connectivity index (χ2v) is 2.56. The molecule has 0 saturated carbocycles. The van der Waals surface area contributed by atoms with Crippen molar-refractivity contribution in [2.75, 3.05) is 17.2 Å². The molecule has 0 unspecified atom stereocenters. The van der Waals surface area contributed by atoms with Crippen LogP contribution in [0.5, 0.6) is 0 Å². The standard InChI is InChI=1S/C8H9N3O3/c1-2-13-8(12)11-7-6(10-14-11)4-3-5-9-7/h3-5,10H,2H2,1H3. The molecule has 1 aliphatic rings. The van der Waals surface area contributed by atoms with Crippen LogP contribution in [-0.2, 0) is 9.68 Å². The van der Waals surface area contributed by atoms with Crippen molar-refractivity contribution in [3.63, 3.8) is 0 Å². The van der Waals surface area contributed by atoms with Gasteiger partial charge in [0.15, 0.2) is 5.82 Å². The Morgan fingerprint density at radius 1 is 1.79 bits per heavy atom. The molecule has 0 spiro atoms. The van der Waals surface area contributed by atoms with Gasteiger partial charge in [-0.25, -0.2) is 15.3 Å². The molecule has 0 bridgehead atoms. The molecule has 6 nitrogen and oxygen atoms in total. The third kappa shape index (κ3) is 1.35. The minimum Gasteiger partial charge on any atom is -0.448 e. The van der Waals surface area contributed by atoms with Crippen LogP contribution >= 0.6 is 0 Å². The highest BCUT2D eigenvalue weighted by Crippen LogP contribution is 2.29. The number of hydrogen-bond donors (Lipinski definition) is 1. The Kier molecular flexibility index (Phi) is 2.19. The maximum atomic E-state index is 11.3. The number of carbonyl (C=O) groups excluding carboxylic acids is 1. The lowest BCUT2D eigenvalue weighted by Gasteiger charge is -2.10. The van der Waals surface area contributed by atoms with E-state index in [0.29, 0.717) is 18.1 Å².